The molecule has 4 aromatic rings. The van der Waals surface area contributed by atoms with Gasteiger partial charge < -0.3 is 9.67 Å². The summed E-state index contributed by atoms with van der Waals surface area (Å²) in [6.07, 6.45) is 9.92. The second-order valence-electron chi connectivity index (χ2n) is 10.1. The van der Waals surface area contributed by atoms with Gasteiger partial charge in [-0.1, -0.05) is 57.7 Å². The van der Waals surface area contributed by atoms with Gasteiger partial charge >= 0.3 is 0 Å². The topological polar surface area (TPSA) is 102 Å². The lowest BCUT2D eigenvalue weighted by atomic mass is 9.89. The minimum Gasteiger partial charge on any atom is -0.493 e. The van der Waals surface area contributed by atoms with E-state index in [0.29, 0.717) is 17.8 Å². The number of rotatable bonds is 9. The maximum absolute atomic E-state index is 13.2. The number of amides is 1. The lowest BCUT2D eigenvalue weighted by molar-refractivity contribution is -0.118. The number of hydrogen-bond donors (Lipinski definition) is 1. The van der Waals surface area contributed by atoms with E-state index in [0.717, 1.165) is 53.4 Å². The maximum atomic E-state index is 13.2. The van der Waals surface area contributed by atoms with Crippen molar-refractivity contribution in [2.24, 2.45) is 16.1 Å². The minimum absolute atomic E-state index is 0.00706. The molecule has 5 rings (SSSR count). The van der Waals surface area contributed by atoms with E-state index in [1.807, 2.05) is 28.8 Å². The monoisotopic (exact) mass is 519 g/mol. The van der Waals surface area contributed by atoms with Gasteiger partial charge in [-0.25, -0.2) is 4.98 Å². The van der Waals surface area contributed by atoms with Crippen LogP contribution in [0, 0.1) is 5.92 Å². The Balaban J connectivity index is 1.36. The van der Waals surface area contributed by atoms with Crippen LogP contribution < -0.4 is 5.56 Å². The number of benzene rings is 1. The summed E-state index contributed by atoms with van der Waals surface area (Å²) in [4.78, 5) is 32.4. The summed E-state index contributed by atoms with van der Waals surface area (Å²) in [5, 5.41) is 20.3. The molecule has 8 nitrogen and oxygen atoms in total. The third-order valence-corrected chi connectivity index (χ3v) is 8.41. The summed E-state index contributed by atoms with van der Waals surface area (Å²) >= 11 is 1.59. The molecule has 1 aliphatic carbocycles. The van der Waals surface area contributed by atoms with Gasteiger partial charge in [-0.05, 0) is 43.2 Å². The molecular weight excluding hydrogens is 486 g/mol. The van der Waals surface area contributed by atoms with Crippen LogP contribution >= 0.6 is 11.3 Å². The number of fused-ring (bicyclic) bond motifs is 4. The van der Waals surface area contributed by atoms with Crippen molar-refractivity contribution in [1.29, 1.82) is 0 Å². The second-order valence-corrected chi connectivity index (χ2v) is 11.1. The number of aromatic nitrogens is 3. The first-order valence-electron chi connectivity index (χ1n) is 13.2. The highest BCUT2D eigenvalue weighted by atomic mass is 32.1. The van der Waals surface area contributed by atoms with Crippen molar-refractivity contribution >= 4 is 44.1 Å². The van der Waals surface area contributed by atoms with E-state index in [9.17, 15) is 14.7 Å². The molecular formula is C28H33N5O3S. The fourth-order valence-electron chi connectivity index (χ4n) is 5.23. The summed E-state index contributed by atoms with van der Waals surface area (Å²) in [5.41, 5.74) is 2.02. The number of carbonyl (C=O) groups excluding carboxylic acids is 1. The lowest BCUT2D eigenvalue weighted by Gasteiger charge is -2.17. The summed E-state index contributed by atoms with van der Waals surface area (Å²) < 4.78 is 3.15. The Kier molecular flexibility index (Phi) is 7.50. The van der Waals surface area contributed by atoms with Crippen LogP contribution in [0.3, 0.4) is 0 Å². The molecule has 1 atom stereocenters. The zero-order chi connectivity index (χ0) is 25.9. The van der Waals surface area contributed by atoms with E-state index < -0.39 is 5.91 Å². The SMILES string of the molecule is CCCCCCCn1c(O)c(N=NC(=O)Cn2cnc3sc4c(c3c2=O)CC[C@@H](C)C4)c2ccccc21. The summed E-state index contributed by atoms with van der Waals surface area (Å²) in [5.74, 6) is 0.0394. The van der Waals surface area contributed by atoms with Crippen LogP contribution in [0.4, 0.5) is 5.69 Å². The average molecular weight is 520 g/mol. The van der Waals surface area contributed by atoms with Gasteiger partial charge in [0.15, 0.2) is 5.69 Å². The van der Waals surface area contributed by atoms with Crippen molar-refractivity contribution in [3.05, 3.63) is 51.4 Å². The molecule has 0 saturated heterocycles. The summed E-state index contributed by atoms with van der Waals surface area (Å²) in [6, 6.07) is 7.59. The van der Waals surface area contributed by atoms with Crippen molar-refractivity contribution in [3.8, 4) is 5.88 Å². The molecule has 1 N–H and O–H groups in total. The Morgan fingerprint density at radius 1 is 1.22 bits per heavy atom. The molecule has 1 aliphatic rings. The Labute approximate surface area is 219 Å². The molecule has 0 fully saturated rings. The van der Waals surface area contributed by atoms with Crippen molar-refractivity contribution in [1.82, 2.24) is 14.1 Å². The molecule has 1 aromatic carbocycles. The lowest BCUT2D eigenvalue weighted by Crippen LogP contribution is -2.24. The zero-order valence-corrected chi connectivity index (χ0v) is 22.3. The van der Waals surface area contributed by atoms with Crippen molar-refractivity contribution in [2.75, 3.05) is 0 Å². The summed E-state index contributed by atoms with van der Waals surface area (Å²) in [6.45, 7) is 4.84. The number of aromatic hydroxyl groups is 1. The fraction of sp³-hybridized carbons (Fsp3) is 0.464. The first-order valence-corrected chi connectivity index (χ1v) is 14.0. The van der Waals surface area contributed by atoms with Gasteiger partial charge in [0.2, 0.25) is 5.88 Å². The predicted molar refractivity (Wildman–Crippen MR) is 147 cm³/mol. The van der Waals surface area contributed by atoms with Crippen LogP contribution in [0.2, 0.25) is 0 Å². The number of hydrogen-bond acceptors (Lipinski definition) is 6. The number of para-hydroxylation sites is 1. The molecule has 1 amide bonds. The van der Waals surface area contributed by atoms with Gasteiger partial charge in [0, 0.05) is 16.8 Å². The highest BCUT2D eigenvalue weighted by Gasteiger charge is 2.23. The molecule has 0 saturated carbocycles. The molecule has 194 valence electrons. The number of nitrogens with zero attached hydrogens (tertiary/aromatic N) is 5. The molecule has 0 radical (unpaired) electrons. The highest BCUT2D eigenvalue weighted by Crippen LogP contribution is 2.39. The van der Waals surface area contributed by atoms with E-state index in [1.54, 1.807) is 11.3 Å². The van der Waals surface area contributed by atoms with Gasteiger partial charge in [-0.15, -0.1) is 21.6 Å². The van der Waals surface area contributed by atoms with Crippen molar-refractivity contribution in [2.45, 2.75) is 78.3 Å². The number of unbranched alkanes of at least 4 members (excludes halogenated alkanes) is 4. The number of thiophene rings is 1. The normalized spacial score (nSPS) is 15.7. The van der Waals surface area contributed by atoms with E-state index in [-0.39, 0.29) is 23.7 Å². The smallest absolute Gasteiger partial charge is 0.284 e. The Bertz CT molecular complexity index is 1530. The first kappa shape index (κ1) is 25.3. The van der Waals surface area contributed by atoms with Gasteiger partial charge in [-0.3, -0.25) is 14.2 Å². The molecule has 0 bridgehead atoms. The molecule has 37 heavy (non-hydrogen) atoms. The van der Waals surface area contributed by atoms with E-state index in [2.05, 4.69) is 29.1 Å². The maximum Gasteiger partial charge on any atom is 0.284 e. The molecule has 0 spiro atoms. The third kappa shape index (κ3) is 5.09. The van der Waals surface area contributed by atoms with E-state index >= 15 is 0 Å². The number of azo groups is 1. The van der Waals surface area contributed by atoms with E-state index in [4.69, 9.17) is 0 Å². The highest BCUT2D eigenvalue weighted by molar-refractivity contribution is 7.18. The van der Waals surface area contributed by atoms with Gasteiger partial charge in [-0.2, -0.15) is 0 Å². The molecule has 0 unspecified atom stereocenters. The van der Waals surface area contributed by atoms with Gasteiger partial charge in [0.25, 0.3) is 11.5 Å². The zero-order valence-electron chi connectivity index (χ0n) is 21.4. The number of carbonyl (C=O) groups is 1. The van der Waals surface area contributed by atoms with Crippen molar-refractivity contribution in [3.63, 3.8) is 0 Å². The van der Waals surface area contributed by atoms with E-state index in [1.165, 1.54) is 35.0 Å². The standard InChI is InChI=1S/C28H33N5O3S/c1-3-4-5-6-9-14-33-21-11-8-7-10-19(21)25(28(33)36)31-30-23(34)16-32-17-29-26-24(27(32)35)20-13-12-18(2)15-22(20)37-26/h7-8,10-11,17-18,36H,3-6,9,12-16H2,1-2H3/t18-/m1/s1. The van der Waals surface area contributed by atoms with Crippen LogP contribution in [0.5, 0.6) is 5.88 Å². The average Bonchev–Trinajstić information content (AvgIpc) is 3.39. The van der Waals surface area contributed by atoms with Crippen molar-refractivity contribution < 1.29 is 9.90 Å². The Morgan fingerprint density at radius 3 is 2.86 bits per heavy atom. The quantitative estimate of drug-likeness (QED) is 0.201. The number of aryl methyl sites for hydroxylation is 2. The predicted octanol–water partition coefficient (Wildman–Crippen LogP) is 6.52. The molecule has 0 aliphatic heterocycles. The van der Waals surface area contributed by atoms with Crippen LogP contribution in [-0.2, 0) is 30.7 Å². The molecule has 3 heterocycles. The largest absolute Gasteiger partial charge is 0.493 e. The van der Waals surface area contributed by atoms with Crippen LogP contribution in [0.15, 0.2) is 45.6 Å². The minimum atomic E-state index is -0.572. The Hall–Kier alpha value is -3.33. The van der Waals surface area contributed by atoms with Gasteiger partial charge in [0.1, 0.15) is 11.4 Å². The second kappa shape index (κ2) is 11.0. The Morgan fingerprint density at radius 2 is 2.03 bits per heavy atom. The van der Waals surface area contributed by atoms with Crippen LogP contribution in [0.1, 0.15) is 62.8 Å². The summed E-state index contributed by atoms with van der Waals surface area (Å²) in [7, 11) is 0. The fourth-order valence-corrected chi connectivity index (χ4v) is 6.57. The molecule has 9 heteroatoms. The first-order chi connectivity index (χ1) is 18.0. The molecule has 3 aromatic heterocycles. The van der Waals surface area contributed by atoms with Crippen LogP contribution in [0.25, 0.3) is 21.1 Å². The third-order valence-electron chi connectivity index (χ3n) is 7.25. The van der Waals surface area contributed by atoms with Crippen LogP contribution in [-0.4, -0.2) is 25.1 Å². The van der Waals surface area contributed by atoms with Gasteiger partial charge in [0.05, 0.1) is 17.2 Å².